The van der Waals surface area contributed by atoms with Crippen LogP contribution in [0.25, 0.3) is 0 Å². The molecule has 0 spiro atoms. The highest BCUT2D eigenvalue weighted by Gasteiger charge is 2.23. The van der Waals surface area contributed by atoms with Crippen LogP contribution in [0.1, 0.15) is 138 Å². The number of halogens is 3. The van der Waals surface area contributed by atoms with Crippen LogP contribution in [0.3, 0.4) is 0 Å². The van der Waals surface area contributed by atoms with Gasteiger partial charge in [0.25, 0.3) is 0 Å². The lowest BCUT2D eigenvalue weighted by Gasteiger charge is -2.07. The molecule has 4 heteroatoms. The molecule has 0 rings (SSSR count). The molecule has 0 atom stereocenters. The fourth-order valence-corrected chi connectivity index (χ4v) is 5.12. The van der Waals surface area contributed by atoms with Gasteiger partial charge in [-0.3, -0.25) is 0 Å². The molecule has 26 heavy (non-hydrogen) atoms. The summed E-state index contributed by atoms with van der Waals surface area (Å²) in [4.78, 5) is 0. The Morgan fingerprint density at radius 1 is 0.500 bits per heavy atom. The van der Waals surface area contributed by atoms with Crippen molar-refractivity contribution in [2.45, 2.75) is 141 Å². The Labute approximate surface area is 183 Å². The third-order valence-electron chi connectivity index (χ3n) is 5.02. The van der Waals surface area contributed by atoms with E-state index in [0.717, 1.165) is 12.8 Å². The van der Waals surface area contributed by atoms with Gasteiger partial charge in [0.2, 0.25) is 0 Å². The first-order valence-electron chi connectivity index (χ1n) is 12.3. The maximum absolute atomic E-state index is 8.07. The summed E-state index contributed by atoms with van der Waals surface area (Å²) in [5, 5.41) is 0. The summed E-state index contributed by atoms with van der Waals surface area (Å²) in [6, 6.07) is -2.02. The van der Waals surface area contributed by atoms with Crippen LogP contribution in [0, 0.1) is 0 Å². The molecule has 0 N–H and O–H groups in total. The topological polar surface area (TPSA) is 0 Å². The molecule has 0 saturated carbocycles. The van der Waals surface area contributed by atoms with Crippen molar-refractivity contribution in [1.82, 2.24) is 0 Å². The van der Waals surface area contributed by atoms with Crippen LogP contribution in [-0.4, -0.2) is 6.00 Å². The van der Waals surface area contributed by atoms with E-state index in [1.807, 2.05) is 0 Å². The molecule has 0 unspecified atom stereocenters. The number of unbranched alkanes of at least 4 members (excludes halogenated alkanes) is 15. The maximum Gasteiger partial charge on any atom is 0.341 e. The smallest absolute Gasteiger partial charge is 0.126 e. The molecule has 0 aromatic rings. The average molecular weight is 446 g/mol. The summed E-state index contributed by atoms with van der Waals surface area (Å²) in [5.74, 6) is 0. The molecule has 0 fully saturated rings. The Balaban J connectivity index is 3.28. The van der Waals surface area contributed by atoms with Crippen LogP contribution in [0.4, 0.5) is 0 Å². The van der Waals surface area contributed by atoms with E-state index in [-0.39, 0.29) is 0 Å². The molecular weight excluding hydrogens is 399 g/mol. The minimum absolute atomic E-state index is 0.520. The molecule has 0 aromatic heterocycles. The van der Waals surface area contributed by atoms with Gasteiger partial charge < -0.3 is 0 Å². The molecule has 0 aliphatic heterocycles. The van der Waals surface area contributed by atoms with E-state index in [4.69, 9.17) is 36.0 Å². The summed E-state index contributed by atoms with van der Waals surface area (Å²) < 4.78 is 16.1. The SMILES string of the molecule is [2H]C([2H])(CCCCCCCCCCCCCCCCCC)CCC[Si](Cl)(Cl)Cl. The minimum Gasteiger partial charge on any atom is -0.126 e. The fourth-order valence-electron chi connectivity index (χ4n) is 3.34. The van der Waals surface area contributed by atoms with E-state index in [2.05, 4.69) is 6.92 Å². The lowest BCUT2D eigenvalue weighted by Crippen LogP contribution is -2.07. The maximum atomic E-state index is 8.07. The highest BCUT2D eigenvalue weighted by Crippen LogP contribution is 2.27. The lowest BCUT2D eigenvalue weighted by atomic mass is 10.0. The zero-order chi connectivity index (χ0) is 21.1. The third-order valence-corrected chi connectivity index (χ3v) is 7.64. The van der Waals surface area contributed by atoms with E-state index in [0.29, 0.717) is 25.3 Å². The predicted molar refractivity (Wildman–Crippen MR) is 126 cm³/mol. The van der Waals surface area contributed by atoms with Crippen molar-refractivity contribution in [3.8, 4) is 0 Å². The second kappa shape index (κ2) is 20.8. The zero-order valence-corrected chi connectivity index (χ0v) is 20.5. The van der Waals surface area contributed by atoms with Crippen molar-refractivity contribution in [2.75, 3.05) is 0 Å². The van der Waals surface area contributed by atoms with Gasteiger partial charge in [-0.1, -0.05) is 135 Å². The molecule has 0 aliphatic carbocycles. The summed E-state index contributed by atoms with van der Waals surface area (Å²) in [5.41, 5.74) is 0. The minimum atomic E-state index is -2.58. The van der Waals surface area contributed by atoms with Crippen LogP contribution < -0.4 is 0 Å². The fraction of sp³-hybridized carbons (Fsp3) is 1.00. The van der Waals surface area contributed by atoms with Crippen molar-refractivity contribution in [1.29, 1.82) is 0 Å². The Kier molecular flexibility index (Phi) is 18.7. The van der Waals surface area contributed by atoms with Gasteiger partial charge in [0.15, 0.2) is 0 Å². The highest BCUT2D eigenvalue weighted by atomic mass is 35.8. The van der Waals surface area contributed by atoms with Crippen LogP contribution in [0.2, 0.25) is 6.04 Å². The van der Waals surface area contributed by atoms with Crippen LogP contribution in [0.5, 0.6) is 0 Å². The van der Waals surface area contributed by atoms with Crippen LogP contribution in [0.15, 0.2) is 0 Å². The molecule has 0 aliphatic rings. The molecule has 0 radical (unpaired) electrons. The molecule has 158 valence electrons. The van der Waals surface area contributed by atoms with E-state index in [1.54, 1.807) is 0 Å². The van der Waals surface area contributed by atoms with Gasteiger partial charge in [-0.2, -0.15) is 0 Å². The number of hydrogen-bond donors (Lipinski definition) is 0. The van der Waals surface area contributed by atoms with Crippen molar-refractivity contribution in [3.05, 3.63) is 0 Å². The van der Waals surface area contributed by atoms with E-state index in [9.17, 15) is 0 Å². The quantitative estimate of drug-likeness (QED) is 0.0935. The van der Waals surface area contributed by atoms with Gasteiger partial charge >= 0.3 is 6.00 Å². The highest BCUT2D eigenvalue weighted by molar-refractivity contribution is 7.64. The van der Waals surface area contributed by atoms with Gasteiger partial charge in [0.1, 0.15) is 0 Å². The van der Waals surface area contributed by atoms with E-state index >= 15 is 0 Å². The van der Waals surface area contributed by atoms with Crippen LogP contribution in [-0.2, 0) is 0 Å². The standard InChI is InChI=1S/C22H45Cl3Si/c1-2-3-4-5-6-7-8-9-10-11-12-13-14-15-16-17-18-19-20-21-22-26(23,24)25/h2-22H2,1H3/i19D2. The Morgan fingerprint density at radius 2 is 0.808 bits per heavy atom. The summed E-state index contributed by atoms with van der Waals surface area (Å²) in [7, 11) is 0. The third kappa shape index (κ3) is 25.1. The number of hydrogen-bond acceptors (Lipinski definition) is 0. The molecule has 0 bridgehead atoms. The van der Waals surface area contributed by atoms with Crippen molar-refractivity contribution >= 4 is 39.2 Å². The van der Waals surface area contributed by atoms with Gasteiger partial charge in [-0.05, 0) is 6.04 Å². The van der Waals surface area contributed by atoms with Gasteiger partial charge in [-0.25, -0.2) is 0 Å². The first-order valence-corrected chi connectivity index (χ1v) is 16.6. The molecule has 0 heterocycles. The van der Waals surface area contributed by atoms with Gasteiger partial charge in [0.05, 0.1) is 0 Å². The van der Waals surface area contributed by atoms with Gasteiger partial charge in [0, 0.05) is 2.74 Å². The first-order chi connectivity index (χ1) is 13.3. The Morgan fingerprint density at radius 3 is 1.15 bits per heavy atom. The summed E-state index contributed by atoms with van der Waals surface area (Å²) >= 11 is 17.6. The normalized spacial score (nSPS) is 13.7. The average Bonchev–Trinajstić information content (AvgIpc) is 2.60. The molecule has 0 saturated heterocycles. The first kappa shape index (κ1) is 23.4. The second-order valence-corrected chi connectivity index (χ2v) is 17.1. The van der Waals surface area contributed by atoms with Crippen molar-refractivity contribution in [2.24, 2.45) is 0 Å². The molecule has 0 aromatic carbocycles. The van der Waals surface area contributed by atoms with Crippen LogP contribution >= 0.6 is 33.2 Å². The molecule has 0 nitrogen and oxygen atoms in total. The largest absolute Gasteiger partial charge is 0.341 e. The molecule has 0 amide bonds. The Hall–Kier alpha value is 1.09. The zero-order valence-electron chi connectivity index (χ0n) is 19.3. The Bertz CT molecular complexity index is 336. The monoisotopic (exact) mass is 444 g/mol. The second-order valence-electron chi connectivity index (χ2n) is 7.77. The number of rotatable bonds is 21. The van der Waals surface area contributed by atoms with Crippen molar-refractivity contribution < 1.29 is 2.74 Å². The summed E-state index contributed by atoms with van der Waals surface area (Å²) in [6.07, 6.45) is 22.3. The summed E-state index contributed by atoms with van der Waals surface area (Å²) in [6.45, 7) is 2.28. The predicted octanol–water partition coefficient (Wildman–Crippen LogP) is 10.5. The van der Waals surface area contributed by atoms with Gasteiger partial charge in [-0.15, -0.1) is 33.2 Å². The van der Waals surface area contributed by atoms with Crippen molar-refractivity contribution in [3.63, 3.8) is 0 Å². The van der Waals surface area contributed by atoms with E-state index in [1.165, 1.54) is 89.9 Å². The lowest BCUT2D eigenvalue weighted by molar-refractivity contribution is 0.523. The molecular formula is C22H45Cl3Si. The van der Waals surface area contributed by atoms with E-state index < -0.39 is 12.4 Å².